The van der Waals surface area contributed by atoms with Gasteiger partial charge in [-0.2, -0.15) is 0 Å². The van der Waals surface area contributed by atoms with Crippen LogP contribution in [0.15, 0.2) is 27.7 Å². The minimum absolute atomic E-state index is 0.0584. The van der Waals surface area contributed by atoms with Crippen molar-refractivity contribution in [2.24, 2.45) is 10.7 Å². The molecule has 1 aromatic carbocycles. The summed E-state index contributed by atoms with van der Waals surface area (Å²) in [5.41, 5.74) is 5.24. The van der Waals surface area contributed by atoms with Crippen molar-refractivity contribution in [3.05, 3.63) is 42.1 Å². The van der Waals surface area contributed by atoms with Crippen LogP contribution in [0, 0.1) is 3.95 Å². The summed E-state index contributed by atoms with van der Waals surface area (Å²) in [7, 11) is 0. The van der Waals surface area contributed by atoms with Gasteiger partial charge in [-0.05, 0) is 36.8 Å². The van der Waals surface area contributed by atoms with Crippen molar-refractivity contribution in [2.45, 2.75) is 18.9 Å². The minimum atomic E-state index is -1.29. The number of amides is 2. The SMILES string of the molecule is NC(=O)CCC(C(=O)O)n1c(O)c(C2=c3cc(Br)ccc3=NC2=O)sc1=S. The van der Waals surface area contributed by atoms with Crippen LogP contribution in [0.1, 0.15) is 23.8 Å². The highest BCUT2D eigenvalue weighted by atomic mass is 79.9. The van der Waals surface area contributed by atoms with E-state index >= 15 is 0 Å². The molecule has 1 aliphatic heterocycles. The first-order chi connectivity index (χ1) is 12.7. The summed E-state index contributed by atoms with van der Waals surface area (Å²) >= 11 is 9.45. The molecule has 1 aromatic heterocycles. The van der Waals surface area contributed by atoms with E-state index in [1.54, 1.807) is 18.2 Å². The Kier molecular flexibility index (Phi) is 5.27. The molecule has 3 rings (SSSR count). The van der Waals surface area contributed by atoms with E-state index in [1.165, 1.54) is 0 Å². The molecule has 27 heavy (non-hydrogen) atoms. The lowest BCUT2D eigenvalue weighted by molar-refractivity contribution is -0.141. The topological polar surface area (TPSA) is 135 Å². The Labute approximate surface area is 169 Å². The van der Waals surface area contributed by atoms with Crippen molar-refractivity contribution in [2.75, 3.05) is 0 Å². The van der Waals surface area contributed by atoms with Crippen LogP contribution in [0.4, 0.5) is 0 Å². The first-order valence-corrected chi connectivity index (χ1v) is 9.61. The predicted octanol–water partition coefficient (Wildman–Crippen LogP) is 0.997. The number of nitrogens with zero attached hydrogens (tertiary/aromatic N) is 2. The molecule has 2 amide bonds. The summed E-state index contributed by atoms with van der Waals surface area (Å²) < 4.78 is 1.80. The van der Waals surface area contributed by atoms with Crippen LogP contribution in [0.2, 0.25) is 0 Å². The van der Waals surface area contributed by atoms with E-state index in [-0.39, 0.29) is 27.2 Å². The molecule has 0 radical (unpaired) electrons. The zero-order valence-electron chi connectivity index (χ0n) is 13.5. The molecule has 0 spiro atoms. The fraction of sp³-hybridized carbons (Fsp3) is 0.188. The number of carbonyl (C=O) groups is 3. The zero-order chi connectivity index (χ0) is 19.9. The molecule has 2 aromatic rings. The van der Waals surface area contributed by atoms with Gasteiger partial charge in [-0.15, -0.1) is 11.3 Å². The van der Waals surface area contributed by atoms with Gasteiger partial charge in [-0.25, -0.2) is 9.79 Å². The van der Waals surface area contributed by atoms with E-state index in [0.717, 1.165) is 20.4 Å². The summed E-state index contributed by atoms with van der Waals surface area (Å²) in [6.07, 6.45) is -0.331. The van der Waals surface area contributed by atoms with Gasteiger partial charge in [0.05, 0.1) is 10.9 Å². The minimum Gasteiger partial charge on any atom is -0.493 e. The first kappa shape index (κ1) is 19.4. The Balaban J connectivity index is 2.20. The Hall–Kier alpha value is -2.37. The zero-order valence-corrected chi connectivity index (χ0v) is 16.7. The maximum atomic E-state index is 12.4. The number of carboxylic acids is 1. The van der Waals surface area contributed by atoms with Gasteiger partial charge in [0.1, 0.15) is 10.9 Å². The highest BCUT2D eigenvalue weighted by Crippen LogP contribution is 2.36. The number of aromatic hydroxyl groups is 1. The van der Waals surface area contributed by atoms with Crippen molar-refractivity contribution >= 4 is 62.8 Å². The van der Waals surface area contributed by atoms with Gasteiger partial charge in [-0.3, -0.25) is 14.2 Å². The standard InChI is InChI=1S/C16H12BrN3O5S2/c17-6-1-2-8-7(5-6)11(13(22)19-8)12-14(23)20(16(26)27-12)9(15(24)25)3-4-10(18)21/h1-2,5,9,23H,3-4H2,(H2,18,21)(H,24,25). The molecule has 11 heteroatoms. The first-order valence-electron chi connectivity index (χ1n) is 7.59. The summed E-state index contributed by atoms with van der Waals surface area (Å²) in [6.45, 7) is 0. The Morgan fingerprint density at radius 1 is 1.41 bits per heavy atom. The number of rotatable bonds is 6. The lowest BCUT2D eigenvalue weighted by Crippen LogP contribution is -2.23. The van der Waals surface area contributed by atoms with Crippen LogP contribution in [-0.4, -0.2) is 32.6 Å². The monoisotopic (exact) mass is 469 g/mol. The molecule has 4 N–H and O–H groups in total. The average molecular weight is 470 g/mol. The van der Waals surface area contributed by atoms with E-state index in [9.17, 15) is 24.6 Å². The molecular weight excluding hydrogens is 458 g/mol. The number of fused-ring (bicyclic) bond motifs is 1. The second-order valence-corrected chi connectivity index (χ2v) is 8.26. The highest BCUT2D eigenvalue weighted by molar-refractivity contribution is 9.10. The number of halogens is 1. The van der Waals surface area contributed by atoms with Crippen molar-refractivity contribution in [3.63, 3.8) is 0 Å². The maximum absolute atomic E-state index is 12.4. The molecule has 1 atom stereocenters. The van der Waals surface area contributed by atoms with Gasteiger partial charge in [0, 0.05) is 16.1 Å². The fourth-order valence-corrected chi connectivity index (χ4v) is 4.56. The maximum Gasteiger partial charge on any atom is 0.326 e. The summed E-state index contributed by atoms with van der Waals surface area (Å²) in [4.78, 5) is 39.1. The lowest BCUT2D eigenvalue weighted by Gasteiger charge is -2.14. The highest BCUT2D eigenvalue weighted by Gasteiger charge is 2.30. The Morgan fingerprint density at radius 3 is 2.74 bits per heavy atom. The van der Waals surface area contributed by atoms with E-state index in [0.29, 0.717) is 10.6 Å². The van der Waals surface area contributed by atoms with Crippen molar-refractivity contribution in [1.29, 1.82) is 0 Å². The molecule has 0 saturated heterocycles. The largest absolute Gasteiger partial charge is 0.493 e. The van der Waals surface area contributed by atoms with Crippen LogP contribution in [0.3, 0.4) is 0 Å². The second kappa shape index (κ2) is 7.33. The molecule has 0 saturated carbocycles. The number of benzene rings is 1. The van der Waals surface area contributed by atoms with E-state index < -0.39 is 29.7 Å². The van der Waals surface area contributed by atoms with Gasteiger partial charge in [-0.1, -0.05) is 15.9 Å². The van der Waals surface area contributed by atoms with Crippen LogP contribution in [-0.2, 0) is 14.4 Å². The van der Waals surface area contributed by atoms with Crippen molar-refractivity contribution in [1.82, 2.24) is 4.57 Å². The lowest BCUT2D eigenvalue weighted by atomic mass is 10.1. The van der Waals surface area contributed by atoms with Crippen molar-refractivity contribution in [3.8, 4) is 5.88 Å². The van der Waals surface area contributed by atoms with Crippen LogP contribution < -0.4 is 16.3 Å². The summed E-state index contributed by atoms with van der Waals surface area (Å²) in [6, 6.07) is 3.79. The smallest absolute Gasteiger partial charge is 0.326 e. The van der Waals surface area contributed by atoms with Gasteiger partial charge in [0.15, 0.2) is 3.95 Å². The number of primary amides is 1. The van der Waals surface area contributed by atoms with Gasteiger partial charge in [0.25, 0.3) is 5.91 Å². The number of carboxylic acid groups (broad SMARTS) is 1. The van der Waals surface area contributed by atoms with Gasteiger partial charge >= 0.3 is 5.97 Å². The molecular formula is C16H12BrN3O5S2. The van der Waals surface area contributed by atoms with E-state index in [1.807, 2.05) is 0 Å². The molecule has 0 aliphatic carbocycles. The van der Waals surface area contributed by atoms with Gasteiger partial charge < -0.3 is 15.9 Å². The number of thiazole rings is 1. The third-order valence-corrected chi connectivity index (χ3v) is 5.87. The number of hydrogen-bond donors (Lipinski definition) is 3. The van der Waals surface area contributed by atoms with Crippen LogP contribution in [0.25, 0.3) is 5.57 Å². The normalized spacial score (nSPS) is 14.0. The van der Waals surface area contributed by atoms with Gasteiger partial charge in [0.2, 0.25) is 11.8 Å². The fourth-order valence-electron chi connectivity index (χ4n) is 2.76. The van der Waals surface area contributed by atoms with Crippen LogP contribution in [0.5, 0.6) is 5.88 Å². The predicted molar refractivity (Wildman–Crippen MR) is 102 cm³/mol. The Morgan fingerprint density at radius 2 is 2.11 bits per heavy atom. The molecule has 0 bridgehead atoms. The Bertz CT molecular complexity index is 1170. The molecule has 2 heterocycles. The summed E-state index contributed by atoms with van der Waals surface area (Å²) in [5.74, 6) is -2.94. The number of aliphatic carboxylic acids is 1. The molecule has 140 valence electrons. The number of hydrogen-bond acceptors (Lipinski definition) is 6. The summed E-state index contributed by atoms with van der Waals surface area (Å²) in [5, 5.41) is 21.1. The number of aromatic nitrogens is 1. The molecule has 1 aliphatic rings. The quantitative estimate of drug-likeness (QED) is 0.540. The number of nitrogens with two attached hydrogens (primary N) is 1. The molecule has 0 fully saturated rings. The van der Waals surface area contributed by atoms with Crippen molar-refractivity contribution < 1.29 is 24.6 Å². The third-order valence-electron chi connectivity index (χ3n) is 3.97. The molecule has 1 unspecified atom stereocenters. The van der Waals surface area contributed by atoms with E-state index in [4.69, 9.17) is 18.0 Å². The third kappa shape index (κ3) is 3.57. The van der Waals surface area contributed by atoms with E-state index in [2.05, 4.69) is 20.9 Å². The second-order valence-electron chi connectivity index (χ2n) is 5.70. The van der Waals surface area contributed by atoms with Crippen LogP contribution >= 0.6 is 39.5 Å². The average Bonchev–Trinajstić information content (AvgIpc) is 3.04. The molecule has 8 nitrogen and oxygen atoms in total. The number of carbonyl (C=O) groups excluding carboxylic acids is 2.